The number of nitrogens with one attached hydrogen (secondary N) is 1. The van der Waals surface area contributed by atoms with Crippen molar-refractivity contribution in [1.29, 1.82) is 10.5 Å². The number of rotatable bonds is 14. The van der Waals surface area contributed by atoms with Crippen LogP contribution in [0.2, 0.25) is 0 Å². The summed E-state index contributed by atoms with van der Waals surface area (Å²) in [5, 5.41) is 24.1. The first kappa shape index (κ1) is 51.7. The van der Waals surface area contributed by atoms with Crippen LogP contribution in [-0.4, -0.2) is 78.0 Å². The maximum atomic E-state index is 13.1. The fraction of sp³-hybridized carbons (Fsp3) is 0.364. The first-order valence-electron chi connectivity index (χ1n) is 23.5. The predicted molar refractivity (Wildman–Crippen MR) is 274 cm³/mol. The topological polar surface area (TPSA) is 186 Å². The summed E-state index contributed by atoms with van der Waals surface area (Å²) < 4.78 is 26.7. The van der Waals surface area contributed by atoms with Crippen molar-refractivity contribution in [3.8, 4) is 65.7 Å². The Labute approximate surface area is 423 Å². The summed E-state index contributed by atoms with van der Waals surface area (Å²) in [6.07, 6.45) is 6.45. The average Bonchev–Trinajstić information content (AvgIpc) is 4.19. The van der Waals surface area contributed by atoms with Gasteiger partial charge < -0.3 is 29.0 Å². The molecule has 4 aromatic carbocycles. The van der Waals surface area contributed by atoms with Crippen molar-refractivity contribution in [3.05, 3.63) is 119 Å². The molecular formula is C55H58N6O8S2. The zero-order valence-electron chi connectivity index (χ0n) is 41.5. The highest BCUT2D eigenvalue weighted by Gasteiger charge is 2.36. The number of hydrogen-bond donors (Lipinski definition) is 1. The van der Waals surface area contributed by atoms with E-state index in [1.165, 1.54) is 35.8 Å². The molecule has 0 radical (unpaired) electrons. The molecule has 0 aliphatic heterocycles. The van der Waals surface area contributed by atoms with Gasteiger partial charge in [-0.25, -0.2) is 14.8 Å². The maximum absolute atomic E-state index is 13.1. The molecule has 16 heteroatoms. The van der Waals surface area contributed by atoms with Crippen LogP contribution in [0.15, 0.2) is 85.2 Å². The van der Waals surface area contributed by atoms with Crippen molar-refractivity contribution in [2.75, 3.05) is 27.3 Å². The molecule has 0 saturated carbocycles. The van der Waals surface area contributed by atoms with Gasteiger partial charge >= 0.3 is 18.0 Å². The van der Waals surface area contributed by atoms with Gasteiger partial charge in [0.2, 0.25) is 0 Å². The number of amides is 1. The molecule has 14 nitrogen and oxygen atoms in total. The summed E-state index contributed by atoms with van der Waals surface area (Å²) in [5.41, 5.74) is 8.87. The SMILES string of the molecule is COC(=O)CN(C(=O)OC(C)(C)C)[C@H]1CCc2c(-c3cnc(-c4ccc(OC(C)C)c(C#N)c4)s3)cccc21.COC(=O)CN[C@H]1CCc2c(-c3cnc(-c4ccc(OC(C)C)c(C#N)c4)s3)cccc21. The number of methoxy groups -OCH3 is 2. The molecule has 0 saturated heterocycles. The molecule has 71 heavy (non-hydrogen) atoms. The standard InChI is InChI=1S/C30H33N3O5S.C25H25N3O3S/c1-18(2)37-25-13-10-19(14-20(25)15-31)28-32-16-26(39-28)23-9-7-8-22-21(23)11-12-24(22)33(17-27(34)36-6)29(35)38-30(3,4)5;1-15(2)31-22-10-7-16(11-17(22)12-26)25-28-13-23(32-25)20-6-4-5-19-18(20)8-9-21(19)27-14-24(29)30-3/h7-10,13-14,16,18,24H,11-12,17H2,1-6H3;4-7,10-11,13,15,21,27H,8-9,14H2,1-3H3/t24-;21-/m00/s1. The Morgan fingerprint density at radius 2 is 1.24 bits per heavy atom. The van der Waals surface area contributed by atoms with Crippen molar-refractivity contribution >= 4 is 40.7 Å². The van der Waals surface area contributed by atoms with Crippen LogP contribution in [-0.2, 0) is 36.6 Å². The van der Waals surface area contributed by atoms with E-state index < -0.39 is 17.7 Å². The number of fused-ring (bicyclic) bond motifs is 2. The Bertz CT molecular complexity index is 3000. The van der Waals surface area contributed by atoms with Gasteiger partial charge in [0.05, 0.1) is 59.9 Å². The second-order valence-corrected chi connectivity index (χ2v) is 20.6. The monoisotopic (exact) mass is 994 g/mol. The Kier molecular flexibility index (Phi) is 16.6. The van der Waals surface area contributed by atoms with E-state index in [9.17, 15) is 24.9 Å². The molecule has 2 heterocycles. The van der Waals surface area contributed by atoms with E-state index in [1.54, 1.807) is 49.5 Å². The molecule has 2 atom stereocenters. The van der Waals surface area contributed by atoms with Crippen molar-refractivity contribution in [2.24, 2.45) is 0 Å². The molecular weight excluding hydrogens is 937 g/mol. The van der Waals surface area contributed by atoms with Crippen LogP contribution in [0.1, 0.15) is 107 Å². The highest BCUT2D eigenvalue weighted by molar-refractivity contribution is 7.18. The van der Waals surface area contributed by atoms with Crippen LogP contribution < -0.4 is 14.8 Å². The Morgan fingerprint density at radius 3 is 1.73 bits per heavy atom. The van der Waals surface area contributed by atoms with Crippen LogP contribution in [0.4, 0.5) is 4.79 Å². The molecule has 2 aliphatic rings. The Morgan fingerprint density at radius 1 is 0.732 bits per heavy atom. The van der Waals surface area contributed by atoms with Gasteiger partial charge in [0.1, 0.15) is 45.8 Å². The number of thiazole rings is 2. The van der Waals surface area contributed by atoms with Crippen molar-refractivity contribution in [2.45, 2.75) is 104 Å². The van der Waals surface area contributed by atoms with Gasteiger partial charge in [-0.2, -0.15) is 10.5 Å². The predicted octanol–water partition coefficient (Wildman–Crippen LogP) is 11.4. The number of carbonyl (C=O) groups excluding carboxylic acids is 3. The number of nitriles is 2. The minimum Gasteiger partial charge on any atom is -0.490 e. The van der Waals surface area contributed by atoms with Gasteiger partial charge in [0.15, 0.2) is 0 Å². The van der Waals surface area contributed by atoms with E-state index in [0.717, 1.165) is 66.8 Å². The molecule has 368 valence electrons. The van der Waals surface area contributed by atoms with Crippen LogP contribution in [0.25, 0.3) is 42.0 Å². The van der Waals surface area contributed by atoms with E-state index in [0.29, 0.717) is 29.0 Å². The van der Waals surface area contributed by atoms with E-state index in [-0.39, 0.29) is 43.4 Å². The van der Waals surface area contributed by atoms with Crippen LogP contribution >= 0.6 is 22.7 Å². The van der Waals surface area contributed by atoms with Gasteiger partial charge in [0.25, 0.3) is 0 Å². The second kappa shape index (κ2) is 22.8. The van der Waals surface area contributed by atoms with Gasteiger partial charge in [-0.1, -0.05) is 36.4 Å². The summed E-state index contributed by atoms with van der Waals surface area (Å²) in [5.74, 6) is 0.387. The summed E-state index contributed by atoms with van der Waals surface area (Å²) in [6.45, 7) is 13.1. The second-order valence-electron chi connectivity index (χ2n) is 18.6. The Balaban J connectivity index is 0.000000213. The van der Waals surface area contributed by atoms with E-state index in [2.05, 4.69) is 51.7 Å². The largest absolute Gasteiger partial charge is 0.490 e. The summed E-state index contributed by atoms with van der Waals surface area (Å²) >= 11 is 3.15. The summed E-state index contributed by atoms with van der Waals surface area (Å²) in [4.78, 5) is 49.6. The third kappa shape index (κ3) is 12.4. The molecule has 6 aromatic rings. The zero-order valence-corrected chi connectivity index (χ0v) is 43.1. The lowest BCUT2D eigenvalue weighted by Crippen LogP contribution is -2.41. The molecule has 0 unspecified atom stereocenters. The van der Waals surface area contributed by atoms with Crippen molar-refractivity contribution in [1.82, 2.24) is 20.2 Å². The number of ether oxygens (including phenoxy) is 5. The van der Waals surface area contributed by atoms with E-state index in [1.807, 2.05) is 82.6 Å². The van der Waals surface area contributed by atoms with E-state index in [4.69, 9.17) is 23.7 Å². The maximum Gasteiger partial charge on any atom is 0.411 e. The number of aromatic nitrogens is 2. The van der Waals surface area contributed by atoms with Crippen LogP contribution in [0, 0.1) is 22.7 Å². The molecule has 0 fully saturated rings. The third-order valence-corrected chi connectivity index (χ3v) is 13.9. The molecule has 0 spiro atoms. The average molecular weight is 995 g/mol. The normalized spacial score (nSPS) is 14.6. The third-order valence-electron chi connectivity index (χ3n) is 11.7. The van der Waals surface area contributed by atoms with Gasteiger partial charge in [-0.3, -0.25) is 14.5 Å². The molecule has 0 bridgehead atoms. The molecule has 1 N–H and O–H groups in total. The molecule has 2 aliphatic carbocycles. The number of carbonyl (C=O) groups is 3. The minimum atomic E-state index is -0.696. The van der Waals surface area contributed by atoms with Gasteiger partial charge in [0, 0.05) is 29.6 Å². The van der Waals surface area contributed by atoms with Gasteiger partial charge in [-0.15, -0.1) is 22.7 Å². The Hall–Kier alpha value is -7.11. The number of benzene rings is 4. The molecule has 2 aromatic heterocycles. The number of hydrogen-bond acceptors (Lipinski definition) is 15. The smallest absolute Gasteiger partial charge is 0.411 e. The zero-order chi connectivity index (χ0) is 51.0. The lowest BCUT2D eigenvalue weighted by Gasteiger charge is -2.31. The lowest BCUT2D eigenvalue weighted by atomic mass is 10.0. The summed E-state index contributed by atoms with van der Waals surface area (Å²) in [7, 11) is 2.71. The molecule has 8 rings (SSSR count). The highest BCUT2D eigenvalue weighted by atomic mass is 32.1. The highest BCUT2D eigenvalue weighted by Crippen LogP contribution is 2.45. The fourth-order valence-electron chi connectivity index (χ4n) is 8.67. The number of esters is 2. The van der Waals surface area contributed by atoms with Crippen LogP contribution in [0.3, 0.4) is 0 Å². The van der Waals surface area contributed by atoms with Gasteiger partial charge in [-0.05, 0) is 144 Å². The van der Waals surface area contributed by atoms with Crippen molar-refractivity contribution < 1.29 is 38.1 Å². The molecule has 1 amide bonds. The quantitative estimate of drug-likeness (QED) is 0.0803. The number of nitrogens with zero attached hydrogens (tertiary/aromatic N) is 5. The first-order chi connectivity index (χ1) is 34.0. The van der Waals surface area contributed by atoms with Crippen molar-refractivity contribution in [3.63, 3.8) is 0 Å². The lowest BCUT2D eigenvalue weighted by molar-refractivity contribution is -0.142. The first-order valence-corrected chi connectivity index (χ1v) is 25.1. The fourth-order valence-corrected chi connectivity index (χ4v) is 10.6. The van der Waals surface area contributed by atoms with Crippen LogP contribution in [0.5, 0.6) is 11.5 Å². The summed E-state index contributed by atoms with van der Waals surface area (Å²) in [6, 6.07) is 27.7. The van der Waals surface area contributed by atoms with E-state index >= 15 is 0 Å². The minimum absolute atomic E-state index is 0.00512.